The largest absolute Gasteiger partial charge is 0.455 e. The van der Waals surface area contributed by atoms with Gasteiger partial charge < -0.3 is 9.72 Å². The zero-order valence-corrected chi connectivity index (χ0v) is 11.6. The molecule has 0 radical (unpaired) electrons. The number of ether oxygens (including phenoxy) is 1. The number of halogens is 2. The van der Waals surface area contributed by atoms with Gasteiger partial charge in [0.05, 0.1) is 0 Å². The quantitative estimate of drug-likeness (QED) is 0.673. The van der Waals surface area contributed by atoms with E-state index in [9.17, 15) is 0 Å². The Kier molecular flexibility index (Phi) is 3.02. The number of hydrogen-bond donors (Lipinski definition) is 1. The molecule has 0 atom stereocenters. The van der Waals surface area contributed by atoms with Crippen LogP contribution >= 0.6 is 27.5 Å². The number of benzene rings is 2. The van der Waals surface area contributed by atoms with Crippen LogP contribution in [-0.4, -0.2) is 4.98 Å². The summed E-state index contributed by atoms with van der Waals surface area (Å²) in [7, 11) is 0. The molecule has 0 saturated heterocycles. The van der Waals surface area contributed by atoms with E-state index >= 15 is 0 Å². The third-order valence-corrected chi connectivity index (χ3v) is 3.39. The molecule has 0 aliphatic heterocycles. The maximum Gasteiger partial charge on any atom is 0.152 e. The highest BCUT2D eigenvalue weighted by atomic mass is 79.9. The van der Waals surface area contributed by atoms with Crippen molar-refractivity contribution < 1.29 is 4.74 Å². The van der Waals surface area contributed by atoms with Gasteiger partial charge in [0, 0.05) is 26.6 Å². The van der Waals surface area contributed by atoms with Gasteiger partial charge in [-0.3, -0.25) is 0 Å². The Morgan fingerprint density at radius 2 is 1.83 bits per heavy atom. The van der Waals surface area contributed by atoms with Crippen LogP contribution in [0.1, 0.15) is 0 Å². The molecule has 0 aliphatic rings. The van der Waals surface area contributed by atoms with E-state index in [2.05, 4.69) is 20.9 Å². The summed E-state index contributed by atoms with van der Waals surface area (Å²) >= 11 is 9.30. The second kappa shape index (κ2) is 4.67. The Morgan fingerprint density at radius 3 is 2.61 bits per heavy atom. The van der Waals surface area contributed by atoms with Gasteiger partial charge >= 0.3 is 0 Å². The fourth-order valence-corrected chi connectivity index (χ4v) is 2.27. The van der Waals surface area contributed by atoms with E-state index in [4.69, 9.17) is 16.3 Å². The van der Waals surface area contributed by atoms with Crippen LogP contribution in [0.5, 0.6) is 11.5 Å². The normalized spacial score (nSPS) is 10.8. The number of aromatic nitrogens is 1. The number of nitrogens with one attached hydrogen (secondary N) is 1. The highest BCUT2D eigenvalue weighted by Gasteiger charge is 2.06. The van der Waals surface area contributed by atoms with Gasteiger partial charge in [0.1, 0.15) is 5.75 Å². The number of aromatic amines is 1. The minimum absolute atomic E-state index is 0.698. The van der Waals surface area contributed by atoms with E-state index in [0.717, 1.165) is 26.9 Å². The van der Waals surface area contributed by atoms with Crippen LogP contribution < -0.4 is 4.74 Å². The lowest BCUT2D eigenvalue weighted by Crippen LogP contribution is -1.81. The molecule has 0 spiro atoms. The summed E-state index contributed by atoms with van der Waals surface area (Å²) in [6.45, 7) is 0. The Balaban J connectivity index is 1.99. The van der Waals surface area contributed by atoms with Crippen molar-refractivity contribution in [3.05, 3.63) is 58.2 Å². The molecule has 1 aromatic heterocycles. The minimum Gasteiger partial charge on any atom is -0.455 e. The molecule has 0 aliphatic carbocycles. The van der Waals surface area contributed by atoms with E-state index in [-0.39, 0.29) is 0 Å². The number of rotatable bonds is 2. The van der Waals surface area contributed by atoms with Crippen LogP contribution in [0.2, 0.25) is 5.02 Å². The second-order valence-corrected chi connectivity index (χ2v) is 5.25. The Morgan fingerprint density at radius 1 is 1.06 bits per heavy atom. The van der Waals surface area contributed by atoms with Crippen molar-refractivity contribution in [1.82, 2.24) is 4.98 Å². The summed E-state index contributed by atoms with van der Waals surface area (Å²) in [6.07, 6.45) is 1.85. The lowest BCUT2D eigenvalue weighted by molar-refractivity contribution is 0.488. The van der Waals surface area contributed by atoms with E-state index < -0.39 is 0 Å². The molecule has 0 fully saturated rings. The van der Waals surface area contributed by atoms with Gasteiger partial charge in [-0.2, -0.15) is 0 Å². The first-order valence-electron chi connectivity index (χ1n) is 5.42. The number of fused-ring (bicyclic) bond motifs is 1. The molecule has 0 amide bonds. The summed E-state index contributed by atoms with van der Waals surface area (Å²) < 4.78 is 6.85. The fraction of sp³-hybridized carbons (Fsp3) is 0. The molecule has 2 nitrogen and oxygen atoms in total. The summed E-state index contributed by atoms with van der Waals surface area (Å²) in [5.74, 6) is 1.56. The van der Waals surface area contributed by atoms with Crippen molar-refractivity contribution in [3.63, 3.8) is 0 Å². The van der Waals surface area contributed by atoms with Gasteiger partial charge in [0.25, 0.3) is 0 Å². The van der Waals surface area contributed by atoms with Gasteiger partial charge in [-0.25, -0.2) is 0 Å². The van der Waals surface area contributed by atoms with Crippen molar-refractivity contribution in [3.8, 4) is 11.5 Å². The van der Waals surface area contributed by atoms with Crippen LogP contribution in [0.3, 0.4) is 0 Å². The Hall–Kier alpha value is -1.45. The van der Waals surface area contributed by atoms with Crippen molar-refractivity contribution in [1.29, 1.82) is 0 Å². The summed E-state index contributed by atoms with van der Waals surface area (Å²) in [4.78, 5) is 3.18. The molecule has 0 unspecified atom stereocenters. The molecule has 90 valence electrons. The zero-order chi connectivity index (χ0) is 12.5. The zero-order valence-electron chi connectivity index (χ0n) is 9.28. The third-order valence-electron chi connectivity index (χ3n) is 2.65. The van der Waals surface area contributed by atoms with Gasteiger partial charge in [0.2, 0.25) is 0 Å². The maximum absolute atomic E-state index is 5.84. The molecule has 4 heteroatoms. The lowest BCUT2D eigenvalue weighted by Gasteiger charge is -2.04. The SMILES string of the molecule is Clc1ccc(Oc2c[nH]c3ccc(Br)cc23)cc1. The topological polar surface area (TPSA) is 25.0 Å². The average Bonchev–Trinajstić information content (AvgIpc) is 2.75. The predicted molar refractivity (Wildman–Crippen MR) is 77.5 cm³/mol. The maximum atomic E-state index is 5.84. The molecular weight excluding hydrogens is 314 g/mol. The molecular formula is C14H9BrClNO. The van der Waals surface area contributed by atoms with Gasteiger partial charge in [0.15, 0.2) is 5.75 Å². The van der Waals surface area contributed by atoms with E-state index in [1.165, 1.54) is 0 Å². The first kappa shape index (κ1) is 11.6. The molecule has 2 aromatic carbocycles. The summed E-state index contributed by atoms with van der Waals surface area (Å²) in [6, 6.07) is 13.3. The third kappa shape index (κ3) is 2.24. The fourth-order valence-electron chi connectivity index (χ4n) is 1.78. The monoisotopic (exact) mass is 321 g/mol. The van der Waals surface area contributed by atoms with Crippen molar-refractivity contribution in [2.75, 3.05) is 0 Å². The molecule has 1 N–H and O–H groups in total. The standard InChI is InChI=1S/C14H9BrClNO/c15-9-1-6-13-12(7-9)14(8-17-13)18-11-4-2-10(16)3-5-11/h1-8,17H. The first-order chi connectivity index (χ1) is 8.72. The van der Waals surface area contributed by atoms with E-state index in [1.807, 2.05) is 48.7 Å². The van der Waals surface area contributed by atoms with Gasteiger partial charge in [-0.05, 0) is 42.5 Å². The Bertz CT molecular complexity index is 691. The second-order valence-electron chi connectivity index (χ2n) is 3.90. The molecule has 0 saturated carbocycles. The number of hydrogen-bond acceptors (Lipinski definition) is 1. The highest BCUT2D eigenvalue weighted by molar-refractivity contribution is 9.10. The van der Waals surface area contributed by atoms with Crippen molar-refractivity contribution in [2.45, 2.75) is 0 Å². The molecule has 0 bridgehead atoms. The average molecular weight is 323 g/mol. The van der Waals surface area contributed by atoms with Crippen LogP contribution in [0.25, 0.3) is 10.9 Å². The Labute approximate surface area is 118 Å². The van der Waals surface area contributed by atoms with Gasteiger partial charge in [-0.1, -0.05) is 27.5 Å². The smallest absolute Gasteiger partial charge is 0.152 e. The highest BCUT2D eigenvalue weighted by Crippen LogP contribution is 2.32. The summed E-state index contributed by atoms with van der Waals surface area (Å²) in [5.41, 5.74) is 1.04. The predicted octanol–water partition coefficient (Wildman–Crippen LogP) is 5.38. The number of H-pyrrole nitrogens is 1. The summed E-state index contributed by atoms with van der Waals surface area (Å²) in [5, 5.41) is 1.74. The van der Waals surface area contributed by atoms with Crippen molar-refractivity contribution >= 4 is 38.4 Å². The van der Waals surface area contributed by atoms with Crippen LogP contribution in [0.15, 0.2) is 53.1 Å². The molecule has 1 heterocycles. The van der Waals surface area contributed by atoms with Crippen LogP contribution in [0, 0.1) is 0 Å². The van der Waals surface area contributed by atoms with Crippen LogP contribution in [0.4, 0.5) is 0 Å². The van der Waals surface area contributed by atoms with E-state index in [1.54, 1.807) is 0 Å². The molecule has 3 aromatic rings. The van der Waals surface area contributed by atoms with Gasteiger partial charge in [-0.15, -0.1) is 0 Å². The van der Waals surface area contributed by atoms with Crippen LogP contribution in [-0.2, 0) is 0 Å². The first-order valence-corrected chi connectivity index (χ1v) is 6.59. The molecule has 18 heavy (non-hydrogen) atoms. The molecule has 3 rings (SSSR count). The minimum atomic E-state index is 0.698. The van der Waals surface area contributed by atoms with Crippen molar-refractivity contribution in [2.24, 2.45) is 0 Å². The lowest BCUT2D eigenvalue weighted by atomic mass is 10.2. The van der Waals surface area contributed by atoms with E-state index in [0.29, 0.717) is 5.02 Å².